The van der Waals surface area contributed by atoms with Crippen LogP contribution in [0.25, 0.3) is 6.08 Å². The fourth-order valence-electron chi connectivity index (χ4n) is 6.02. The summed E-state index contributed by atoms with van der Waals surface area (Å²) >= 11 is 0. The molecule has 29 heavy (non-hydrogen) atoms. The summed E-state index contributed by atoms with van der Waals surface area (Å²) in [7, 11) is 2.95. The molecule has 1 spiro atoms. The molecule has 1 saturated heterocycles. The van der Waals surface area contributed by atoms with Gasteiger partial charge in [0, 0.05) is 24.3 Å². The number of aromatic hydroxyl groups is 1. The molecule has 6 nitrogen and oxygen atoms in total. The number of phenolic OH excluding ortho intramolecular Hbond substituents is 1. The molecule has 1 aromatic carbocycles. The number of carbonyl (C=O) groups excluding carboxylic acids is 1. The predicted molar refractivity (Wildman–Crippen MR) is 107 cm³/mol. The number of ether oxygens (including phenoxy) is 2. The van der Waals surface area contributed by atoms with Gasteiger partial charge in [-0.05, 0) is 61.5 Å². The SMILES string of the molecule is COC(=O)/C=C/c1ccc(C2(OC)OOC23C(C)CC2CC(C)CC3C2)cc1O. The van der Waals surface area contributed by atoms with Crippen LogP contribution in [0, 0.1) is 23.7 Å². The average molecular weight is 402 g/mol. The molecular weight excluding hydrogens is 372 g/mol. The lowest BCUT2D eigenvalue weighted by molar-refractivity contribution is -0.641. The van der Waals surface area contributed by atoms with Crippen LogP contribution in [0.5, 0.6) is 5.75 Å². The van der Waals surface area contributed by atoms with E-state index in [9.17, 15) is 9.90 Å². The second kappa shape index (κ2) is 7.42. The zero-order chi connectivity index (χ0) is 20.8. The molecule has 1 heterocycles. The Labute approximate surface area is 171 Å². The standard InChI is InChI=1S/C23H30O6/c1-14-9-16-11-15(2)22(19(10-14)12-16)23(27-4,29-28-22)18-7-5-17(20(24)13-18)6-8-21(25)26-3/h5-8,13-16,19,24H,9-12H2,1-4H3/b8-6+. The van der Waals surface area contributed by atoms with Gasteiger partial charge >= 0.3 is 5.97 Å². The molecule has 6 heteroatoms. The normalized spacial score (nSPS) is 38.8. The Bertz CT molecular complexity index is 812. The number of methoxy groups -OCH3 is 2. The van der Waals surface area contributed by atoms with Gasteiger partial charge in [0.25, 0.3) is 5.79 Å². The summed E-state index contributed by atoms with van der Waals surface area (Å²) in [5, 5.41) is 10.6. The summed E-state index contributed by atoms with van der Waals surface area (Å²) in [6.07, 6.45) is 7.37. The van der Waals surface area contributed by atoms with Crippen LogP contribution in [0.4, 0.5) is 0 Å². The molecule has 3 fully saturated rings. The maximum Gasteiger partial charge on any atom is 0.330 e. The Morgan fingerprint density at radius 2 is 1.97 bits per heavy atom. The van der Waals surface area contributed by atoms with Crippen LogP contribution in [0.3, 0.4) is 0 Å². The molecule has 6 unspecified atom stereocenters. The molecule has 3 aliphatic rings. The number of phenols is 1. The first kappa shape index (κ1) is 20.4. The molecular formula is C23H30O6. The molecule has 0 radical (unpaired) electrons. The van der Waals surface area contributed by atoms with Crippen molar-refractivity contribution in [1.82, 2.24) is 0 Å². The van der Waals surface area contributed by atoms with Gasteiger partial charge in [-0.1, -0.05) is 26.0 Å². The smallest absolute Gasteiger partial charge is 0.330 e. The second-order valence-electron chi connectivity index (χ2n) is 8.92. The van der Waals surface area contributed by atoms with E-state index >= 15 is 0 Å². The quantitative estimate of drug-likeness (QED) is 0.463. The van der Waals surface area contributed by atoms with E-state index in [0.29, 0.717) is 17.4 Å². The number of esters is 1. The predicted octanol–water partition coefficient (Wildman–Crippen LogP) is 4.17. The number of rotatable bonds is 4. The molecule has 2 saturated carbocycles. The van der Waals surface area contributed by atoms with Crippen molar-refractivity contribution >= 4 is 12.0 Å². The van der Waals surface area contributed by atoms with Gasteiger partial charge in [0.1, 0.15) is 5.75 Å². The topological polar surface area (TPSA) is 74.2 Å². The van der Waals surface area contributed by atoms with Crippen LogP contribution in [-0.4, -0.2) is 30.9 Å². The lowest BCUT2D eigenvalue weighted by atomic mass is 9.54. The number of carbonyl (C=O) groups is 1. The van der Waals surface area contributed by atoms with Crippen molar-refractivity contribution in [3.8, 4) is 5.75 Å². The maximum atomic E-state index is 11.3. The van der Waals surface area contributed by atoms with Crippen LogP contribution in [0.15, 0.2) is 24.3 Å². The van der Waals surface area contributed by atoms with Crippen molar-refractivity contribution in [3.05, 3.63) is 35.4 Å². The van der Waals surface area contributed by atoms with E-state index in [1.54, 1.807) is 19.2 Å². The van der Waals surface area contributed by atoms with Gasteiger partial charge in [-0.25, -0.2) is 9.68 Å². The van der Waals surface area contributed by atoms with Crippen LogP contribution in [0.2, 0.25) is 0 Å². The van der Waals surface area contributed by atoms with Crippen molar-refractivity contribution in [3.63, 3.8) is 0 Å². The highest BCUT2D eigenvalue weighted by molar-refractivity contribution is 5.87. The monoisotopic (exact) mass is 402 g/mol. The Balaban J connectivity index is 1.70. The van der Waals surface area contributed by atoms with E-state index in [2.05, 4.69) is 18.6 Å². The molecule has 2 aliphatic carbocycles. The van der Waals surface area contributed by atoms with Gasteiger partial charge in [-0.2, -0.15) is 4.89 Å². The van der Waals surface area contributed by atoms with E-state index in [1.807, 2.05) is 6.07 Å². The summed E-state index contributed by atoms with van der Waals surface area (Å²) in [6.45, 7) is 4.53. The third kappa shape index (κ3) is 3.00. The molecule has 158 valence electrons. The fraction of sp³-hybridized carbons (Fsp3) is 0.609. The zero-order valence-corrected chi connectivity index (χ0v) is 17.5. The Kier molecular flexibility index (Phi) is 5.21. The highest BCUT2D eigenvalue weighted by atomic mass is 17.3. The van der Waals surface area contributed by atoms with Crippen molar-refractivity contribution in [1.29, 1.82) is 0 Å². The van der Waals surface area contributed by atoms with E-state index in [0.717, 1.165) is 30.7 Å². The first-order chi connectivity index (χ1) is 13.9. The minimum absolute atomic E-state index is 0.0445. The van der Waals surface area contributed by atoms with Gasteiger partial charge in [0.05, 0.1) is 7.11 Å². The molecule has 6 atom stereocenters. The molecule has 0 aromatic heterocycles. The lowest BCUT2D eigenvalue weighted by Gasteiger charge is -2.64. The summed E-state index contributed by atoms with van der Waals surface area (Å²) in [4.78, 5) is 23.0. The molecule has 4 rings (SSSR count). The highest BCUT2D eigenvalue weighted by Crippen LogP contribution is 2.64. The van der Waals surface area contributed by atoms with E-state index in [4.69, 9.17) is 14.5 Å². The van der Waals surface area contributed by atoms with Gasteiger partial charge in [0.2, 0.25) is 0 Å². The zero-order valence-electron chi connectivity index (χ0n) is 17.5. The maximum absolute atomic E-state index is 11.3. The van der Waals surface area contributed by atoms with Crippen LogP contribution in [-0.2, 0) is 29.8 Å². The summed E-state index contributed by atoms with van der Waals surface area (Å²) < 4.78 is 10.6. The number of fused-ring (bicyclic) bond motifs is 3. The van der Waals surface area contributed by atoms with E-state index < -0.39 is 17.4 Å². The second-order valence-corrected chi connectivity index (χ2v) is 8.92. The Hall–Kier alpha value is -1.89. The molecule has 2 bridgehead atoms. The number of hydrogen-bond donors (Lipinski definition) is 1. The van der Waals surface area contributed by atoms with Crippen LogP contribution < -0.4 is 0 Å². The van der Waals surface area contributed by atoms with Crippen LogP contribution in [0.1, 0.15) is 50.7 Å². The van der Waals surface area contributed by atoms with Gasteiger partial charge in [-0.15, -0.1) is 0 Å². The molecule has 1 N–H and O–H groups in total. The minimum atomic E-state index is -1.05. The average Bonchev–Trinajstić information content (AvgIpc) is 2.66. The largest absolute Gasteiger partial charge is 0.507 e. The van der Waals surface area contributed by atoms with Crippen molar-refractivity contribution in [2.24, 2.45) is 23.7 Å². The summed E-state index contributed by atoms with van der Waals surface area (Å²) in [5.41, 5.74) is 0.674. The highest BCUT2D eigenvalue weighted by Gasteiger charge is 2.73. The molecule has 0 amide bonds. The summed E-state index contributed by atoms with van der Waals surface area (Å²) in [6, 6.07) is 5.27. The van der Waals surface area contributed by atoms with Crippen molar-refractivity contribution in [2.75, 3.05) is 14.2 Å². The third-order valence-corrected chi connectivity index (χ3v) is 7.18. The first-order valence-corrected chi connectivity index (χ1v) is 10.4. The lowest BCUT2D eigenvalue weighted by Crippen LogP contribution is -2.74. The minimum Gasteiger partial charge on any atom is -0.507 e. The first-order valence-electron chi connectivity index (χ1n) is 10.4. The van der Waals surface area contributed by atoms with Gasteiger partial charge < -0.3 is 14.6 Å². The third-order valence-electron chi connectivity index (χ3n) is 7.18. The Morgan fingerprint density at radius 3 is 2.59 bits per heavy atom. The fourth-order valence-corrected chi connectivity index (χ4v) is 6.02. The molecule has 1 aliphatic heterocycles. The van der Waals surface area contributed by atoms with Gasteiger partial charge in [-0.3, -0.25) is 0 Å². The number of hydrogen-bond acceptors (Lipinski definition) is 6. The van der Waals surface area contributed by atoms with Gasteiger partial charge in [0.15, 0.2) is 5.60 Å². The summed E-state index contributed by atoms with van der Waals surface area (Å²) in [5.74, 6) is 0.504. The van der Waals surface area contributed by atoms with Crippen LogP contribution >= 0.6 is 0 Å². The van der Waals surface area contributed by atoms with E-state index in [1.165, 1.54) is 25.7 Å². The molecule has 1 aromatic rings. The van der Waals surface area contributed by atoms with E-state index in [-0.39, 0.29) is 11.7 Å². The number of benzene rings is 1. The van der Waals surface area contributed by atoms with Crippen molar-refractivity contribution in [2.45, 2.75) is 50.9 Å². The van der Waals surface area contributed by atoms with Crippen molar-refractivity contribution < 1.29 is 29.1 Å². The Morgan fingerprint density at radius 1 is 1.17 bits per heavy atom.